The molecule has 3 heterocycles. The van der Waals surface area contributed by atoms with Crippen LogP contribution in [0.3, 0.4) is 0 Å². The molecule has 0 radical (unpaired) electrons. The second kappa shape index (κ2) is 7.10. The number of amides is 2. The summed E-state index contributed by atoms with van der Waals surface area (Å²) in [5.41, 5.74) is 0.955. The molecule has 122 valence electrons. The van der Waals surface area contributed by atoms with Gasteiger partial charge in [-0.3, -0.25) is 14.6 Å². The maximum Gasteiger partial charge on any atom is 0.291 e. The molecule has 0 saturated carbocycles. The fourth-order valence-electron chi connectivity index (χ4n) is 2.13. The maximum atomic E-state index is 12.5. The highest BCUT2D eigenvalue weighted by molar-refractivity contribution is 7.18. The summed E-state index contributed by atoms with van der Waals surface area (Å²) in [6.45, 7) is 0.471. The van der Waals surface area contributed by atoms with Crippen molar-refractivity contribution in [3.63, 3.8) is 0 Å². The Morgan fingerprint density at radius 1 is 1.25 bits per heavy atom. The summed E-state index contributed by atoms with van der Waals surface area (Å²) in [5, 5.41) is 3.31. The summed E-state index contributed by atoms with van der Waals surface area (Å²) in [4.78, 5) is 30.6. The summed E-state index contributed by atoms with van der Waals surface area (Å²) in [6.07, 6.45) is 4.86. The number of anilines is 1. The Balaban J connectivity index is 1.64. The Labute approximate surface area is 142 Å². The third-order valence-corrected chi connectivity index (χ3v) is 4.28. The van der Waals surface area contributed by atoms with E-state index in [0.717, 1.165) is 5.56 Å². The van der Waals surface area contributed by atoms with Crippen molar-refractivity contribution >= 4 is 28.2 Å². The van der Waals surface area contributed by atoms with Crippen molar-refractivity contribution in [3.8, 4) is 0 Å². The topological polar surface area (TPSA) is 75.4 Å². The van der Waals surface area contributed by atoms with Gasteiger partial charge in [-0.15, -0.1) is 11.3 Å². The van der Waals surface area contributed by atoms with Crippen molar-refractivity contribution in [1.82, 2.24) is 9.88 Å². The van der Waals surface area contributed by atoms with Gasteiger partial charge in [0.15, 0.2) is 5.76 Å². The van der Waals surface area contributed by atoms with E-state index in [1.165, 1.54) is 17.6 Å². The molecule has 3 aromatic heterocycles. The average Bonchev–Trinajstić information content (AvgIpc) is 3.27. The molecule has 2 amide bonds. The fourth-order valence-corrected chi connectivity index (χ4v) is 3.02. The van der Waals surface area contributed by atoms with E-state index in [0.29, 0.717) is 16.4 Å². The number of hydrogen-bond donors (Lipinski definition) is 1. The normalized spacial score (nSPS) is 10.4. The molecule has 0 fully saturated rings. The Morgan fingerprint density at radius 2 is 2.12 bits per heavy atom. The first-order valence-corrected chi connectivity index (χ1v) is 8.04. The summed E-state index contributed by atoms with van der Waals surface area (Å²) in [5.74, 6) is -0.225. The van der Waals surface area contributed by atoms with Gasteiger partial charge in [0, 0.05) is 26.0 Å². The zero-order valence-corrected chi connectivity index (χ0v) is 13.7. The van der Waals surface area contributed by atoms with E-state index in [9.17, 15) is 9.59 Å². The number of rotatable bonds is 5. The zero-order valence-electron chi connectivity index (χ0n) is 12.9. The van der Waals surface area contributed by atoms with Gasteiger partial charge in [-0.25, -0.2) is 0 Å². The highest BCUT2D eigenvalue weighted by atomic mass is 32.1. The highest BCUT2D eigenvalue weighted by Crippen LogP contribution is 2.24. The van der Waals surface area contributed by atoms with Crippen LogP contribution >= 0.6 is 11.3 Å². The van der Waals surface area contributed by atoms with Crippen LogP contribution < -0.4 is 5.32 Å². The highest BCUT2D eigenvalue weighted by Gasteiger charge is 2.16. The number of carbonyl (C=O) groups is 2. The van der Waals surface area contributed by atoms with Crippen LogP contribution in [0.2, 0.25) is 0 Å². The fraction of sp³-hybridized carbons (Fsp3) is 0.118. The molecule has 0 spiro atoms. The lowest BCUT2D eigenvalue weighted by Gasteiger charge is -2.15. The van der Waals surface area contributed by atoms with E-state index in [1.807, 2.05) is 12.1 Å². The molecular weight excluding hydrogens is 326 g/mol. The van der Waals surface area contributed by atoms with Gasteiger partial charge in [-0.05, 0) is 35.9 Å². The molecule has 6 nitrogen and oxygen atoms in total. The molecule has 0 bridgehead atoms. The van der Waals surface area contributed by atoms with Crippen LogP contribution in [0.4, 0.5) is 5.00 Å². The van der Waals surface area contributed by atoms with Crippen molar-refractivity contribution in [1.29, 1.82) is 0 Å². The third-order valence-electron chi connectivity index (χ3n) is 3.29. The van der Waals surface area contributed by atoms with Crippen molar-refractivity contribution in [2.24, 2.45) is 0 Å². The molecule has 3 rings (SSSR count). The standard InChI is InChI=1S/C17H15N3O3S/c1-20(11-12-4-2-8-18-10-12)17(22)14-6-7-15(24-14)19-16(21)13-5-3-9-23-13/h2-10H,11H2,1H3,(H,19,21). The van der Waals surface area contributed by atoms with Gasteiger partial charge in [0.1, 0.15) is 0 Å². The zero-order chi connectivity index (χ0) is 16.9. The van der Waals surface area contributed by atoms with E-state index in [-0.39, 0.29) is 17.6 Å². The lowest BCUT2D eigenvalue weighted by atomic mass is 10.2. The van der Waals surface area contributed by atoms with Gasteiger partial charge in [-0.1, -0.05) is 6.07 Å². The van der Waals surface area contributed by atoms with Crippen molar-refractivity contribution in [3.05, 3.63) is 71.3 Å². The van der Waals surface area contributed by atoms with Crippen LogP contribution in [-0.2, 0) is 6.54 Å². The van der Waals surface area contributed by atoms with Crippen LogP contribution in [0.15, 0.2) is 59.5 Å². The van der Waals surface area contributed by atoms with Crippen LogP contribution in [-0.4, -0.2) is 28.7 Å². The van der Waals surface area contributed by atoms with Crippen LogP contribution in [0.1, 0.15) is 25.8 Å². The van der Waals surface area contributed by atoms with Crippen molar-refractivity contribution in [2.45, 2.75) is 6.54 Å². The molecule has 0 aliphatic heterocycles. The van der Waals surface area contributed by atoms with Gasteiger partial charge in [0.2, 0.25) is 0 Å². The van der Waals surface area contributed by atoms with Crippen LogP contribution in [0.5, 0.6) is 0 Å². The Hall–Kier alpha value is -2.93. The Bertz CT molecular complexity index is 828. The minimum atomic E-state index is -0.343. The summed E-state index contributed by atoms with van der Waals surface area (Å²) in [7, 11) is 1.73. The monoisotopic (exact) mass is 341 g/mol. The lowest BCUT2D eigenvalue weighted by molar-refractivity contribution is 0.0789. The molecule has 0 aromatic carbocycles. The average molecular weight is 341 g/mol. The molecule has 0 atom stereocenters. The molecule has 0 saturated heterocycles. The quantitative estimate of drug-likeness (QED) is 0.773. The molecule has 0 aliphatic carbocycles. The van der Waals surface area contributed by atoms with Gasteiger partial charge >= 0.3 is 0 Å². The van der Waals surface area contributed by atoms with E-state index in [2.05, 4.69) is 10.3 Å². The van der Waals surface area contributed by atoms with Gasteiger partial charge in [0.25, 0.3) is 11.8 Å². The first-order valence-electron chi connectivity index (χ1n) is 7.22. The van der Waals surface area contributed by atoms with Crippen molar-refractivity contribution < 1.29 is 14.0 Å². The molecule has 24 heavy (non-hydrogen) atoms. The number of hydrogen-bond acceptors (Lipinski definition) is 5. The second-order valence-corrected chi connectivity index (χ2v) is 6.20. The molecule has 7 heteroatoms. The number of furan rings is 1. The number of pyridine rings is 1. The predicted molar refractivity (Wildman–Crippen MR) is 91.0 cm³/mol. The molecule has 0 aliphatic rings. The number of carbonyl (C=O) groups excluding carboxylic acids is 2. The summed E-state index contributed by atoms with van der Waals surface area (Å²) >= 11 is 1.23. The van der Waals surface area contributed by atoms with Gasteiger partial charge in [-0.2, -0.15) is 0 Å². The Morgan fingerprint density at radius 3 is 2.83 bits per heavy atom. The Kier molecular flexibility index (Phi) is 4.72. The number of nitrogens with zero attached hydrogens (tertiary/aromatic N) is 2. The number of nitrogens with one attached hydrogen (secondary N) is 1. The molecule has 1 N–H and O–H groups in total. The number of aromatic nitrogens is 1. The van der Waals surface area contributed by atoms with Gasteiger partial charge in [0.05, 0.1) is 16.1 Å². The molecule has 3 aromatic rings. The van der Waals surface area contributed by atoms with E-state index < -0.39 is 0 Å². The third kappa shape index (κ3) is 3.69. The summed E-state index contributed by atoms with van der Waals surface area (Å²) < 4.78 is 5.04. The molecule has 0 unspecified atom stereocenters. The molecular formula is C17H15N3O3S. The second-order valence-electron chi connectivity index (χ2n) is 5.12. The first-order chi connectivity index (χ1) is 11.6. The SMILES string of the molecule is CN(Cc1cccnc1)C(=O)c1ccc(NC(=O)c2ccco2)s1. The van der Waals surface area contributed by atoms with E-state index in [4.69, 9.17) is 4.42 Å². The maximum absolute atomic E-state index is 12.5. The minimum absolute atomic E-state index is 0.109. The first kappa shape index (κ1) is 15.9. The largest absolute Gasteiger partial charge is 0.459 e. The van der Waals surface area contributed by atoms with E-state index >= 15 is 0 Å². The van der Waals surface area contributed by atoms with Gasteiger partial charge < -0.3 is 14.6 Å². The van der Waals surface area contributed by atoms with E-state index in [1.54, 1.807) is 48.6 Å². The van der Waals surface area contributed by atoms with Crippen LogP contribution in [0.25, 0.3) is 0 Å². The number of thiophene rings is 1. The minimum Gasteiger partial charge on any atom is -0.459 e. The summed E-state index contributed by atoms with van der Waals surface area (Å²) in [6, 6.07) is 10.4. The predicted octanol–water partition coefficient (Wildman–Crippen LogP) is 3.26. The van der Waals surface area contributed by atoms with Crippen molar-refractivity contribution in [2.75, 3.05) is 12.4 Å². The van der Waals surface area contributed by atoms with Crippen LogP contribution in [0, 0.1) is 0 Å². The smallest absolute Gasteiger partial charge is 0.291 e. The lowest BCUT2D eigenvalue weighted by Crippen LogP contribution is -2.25.